The average Bonchev–Trinajstić information content (AvgIpc) is 3.38. The second-order valence-electron chi connectivity index (χ2n) is 27.4. The molecule has 3 N–H and O–H groups in total. The van der Waals surface area contributed by atoms with Crippen LogP contribution in [0.3, 0.4) is 0 Å². The maximum absolute atomic E-state index is 13.1. The van der Waals surface area contributed by atoms with Crippen molar-refractivity contribution in [3.63, 3.8) is 0 Å². The van der Waals surface area contributed by atoms with Gasteiger partial charge in [-0.2, -0.15) is 0 Å². The van der Waals surface area contributed by atoms with E-state index in [0.29, 0.717) is 25.7 Å². The van der Waals surface area contributed by atoms with E-state index in [9.17, 15) is 43.2 Å². The van der Waals surface area contributed by atoms with E-state index in [0.717, 1.165) is 127 Å². The molecule has 0 aromatic heterocycles. The molecule has 0 aromatic rings. The number of esters is 4. The molecule has 0 saturated heterocycles. The van der Waals surface area contributed by atoms with Gasteiger partial charge in [-0.25, -0.2) is 9.13 Å². The van der Waals surface area contributed by atoms with E-state index < -0.39 is 97.5 Å². The van der Waals surface area contributed by atoms with Gasteiger partial charge in [-0.3, -0.25) is 37.3 Å². The Morgan fingerprint density at radius 3 is 0.947 bits per heavy atom. The molecule has 19 heteroatoms. The summed E-state index contributed by atoms with van der Waals surface area (Å²) in [5.74, 6) is -0.539. The first kappa shape index (κ1) is 92.5. The second-order valence-corrected chi connectivity index (χ2v) is 30.3. The van der Waals surface area contributed by atoms with Crippen LogP contribution in [-0.2, 0) is 65.4 Å². The van der Waals surface area contributed by atoms with Crippen LogP contribution in [0.4, 0.5) is 0 Å². The molecule has 0 fully saturated rings. The van der Waals surface area contributed by atoms with Crippen LogP contribution in [0.1, 0.15) is 369 Å². The van der Waals surface area contributed by atoms with Crippen molar-refractivity contribution >= 4 is 39.5 Å². The van der Waals surface area contributed by atoms with Gasteiger partial charge in [0.05, 0.1) is 26.4 Å². The highest BCUT2D eigenvalue weighted by molar-refractivity contribution is 7.47. The Kier molecular flexibility index (Phi) is 65.6. The molecule has 3 unspecified atom stereocenters. The van der Waals surface area contributed by atoms with Crippen LogP contribution >= 0.6 is 15.6 Å². The molecule has 0 saturated carbocycles. The number of aliphatic hydroxyl groups is 1. The lowest BCUT2D eigenvalue weighted by atomic mass is 9.99. The molecule has 6 atom stereocenters. The first-order chi connectivity index (χ1) is 45.9. The molecule has 0 radical (unpaired) electrons. The van der Waals surface area contributed by atoms with Gasteiger partial charge in [0.2, 0.25) is 0 Å². The van der Waals surface area contributed by atoms with Gasteiger partial charge in [-0.1, -0.05) is 316 Å². The lowest BCUT2D eigenvalue weighted by Crippen LogP contribution is -2.30. The van der Waals surface area contributed by atoms with Crippen molar-refractivity contribution in [1.82, 2.24) is 0 Å². The summed E-state index contributed by atoms with van der Waals surface area (Å²) < 4.78 is 68.2. The maximum atomic E-state index is 13.1. The Bertz CT molecular complexity index is 1930. The fourth-order valence-corrected chi connectivity index (χ4v) is 12.7. The molecule has 0 aliphatic rings. The molecule has 0 aliphatic heterocycles. The predicted octanol–water partition coefficient (Wildman–Crippen LogP) is 21.9. The summed E-state index contributed by atoms with van der Waals surface area (Å²) in [6.45, 7) is 9.49. The third kappa shape index (κ3) is 68.5. The third-order valence-electron chi connectivity index (χ3n) is 17.4. The van der Waals surface area contributed by atoms with Crippen LogP contribution in [0.25, 0.3) is 0 Å². The van der Waals surface area contributed by atoms with Gasteiger partial charge in [0.25, 0.3) is 0 Å². The van der Waals surface area contributed by atoms with Crippen molar-refractivity contribution < 1.29 is 80.2 Å². The van der Waals surface area contributed by atoms with E-state index in [-0.39, 0.29) is 25.7 Å². The Labute approximate surface area is 580 Å². The quantitative estimate of drug-likeness (QED) is 0.0169. The number of phosphoric acid groups is 2. The van der Waals surface area contributed by atoms with E-state index in [1.807, 2.05) is 0 Å². The minimum atomic E-state index is -4.96. The molecule has 0 spiro atoms. The summed E-state index contributed by atoms with van der Waals surface area (Å²) in [5.41, 5.74) is 0. The highest BCUT2D eigenvalue weighted by Crippen LogP contribution is 2.45. The average molecular weight is 1390 g/mol. The first-order valence-electron chi connectivity index (χ1n) is 38.8. The van der Waals surface area contributed by atoms with Crippen LogP contribution in [-0.4, -0.2) is 96.7 Å². The Balaban J connectivity index is 5.15. The Morgan fingerprint density at radius 1 is 0.347 bits per heavy atom. The zero-order valence-electron chi connectivity index (χ0n) is 61.5. The molecule has 17 nitrogen and oxygen atoms in total. The minimum Gasteiger partial charge on any atom is -0.462 e. The van der Waals surface area contributed by atoms with E-state index in [2.05, 4.69) is 65.8 Å². The number of rotatable bonds is 73. The number of unbranched alkanes of at least 4 members (excludes halogenated alkanes) is 39. The number of carbonyl (C=O) groups is 4. The molecule has 0 amide bonds. The molecule has 0 aromatic carbocycles. The van der Waals surface area contributed by atoms with Gasteiger partial charge in [0, 0.05) is 25.7 Å². The molecule has 0 bridgehead atoms. The van der Waals surface area contributed by atoms with Gasteiger partial charge in [-0.15, -0.1) is 0 Å². The summed E-state index contributed by atoms with van der Waals surface area (Å²) in [4.78, 5) is 72.5. The van der Waals surface area contributed by atoms with E-state index in [4.69, 9.17) is 37.0 Å². The highest BCUT2D eigenvalue weighted by atomic mass is 31.2. The van der Waals surface area contributed by atoms with E-state index >= 15 is 0 Å². The van der Waals surface area contributed by atoms with Crippen LogP contribution < -0.4 is 0 Å². The van der Waals surface area contributed by atoms with Crippen molar-refractivity contribution in [1.29, 1.82) is 0 Å². The fourth-order valence-electron chi connectivity index (χ4n) is 11.1. The van der Waals surface area contributed by atoms with Crippen LogP contribution in [0.15, 0.2) is 24.3 Å². The molecule has 0 aliphatic carbocycles. The summed E-state index contributed by atoms with van der Waals surface area (Å²) in [6, 6.07) is 0. The number of allylic oxidation sites excluding steroid dienone is 4. The van der Waals surface area contributed by atoms with Crippen LogP contribution in [0.2, 0.25) is 0 Å². The second kappa shape index (κ2) is 67.4. The zero-order chi connectivity index (χ0) is 70.0. The summed E-state index contributed by atoms with van der Waals surface area (Å²) in [7, 11) is -9.91. The van der Waals surface area contributed by atoms with Crippen molar-refractivity contribution in [2.75, 3.05) is 39.6 Å². The largest absolute Gasteiger partial charge is 0.472 e. The first-order valence-corrected chi connectivity index (χ1v) is 41.8. The van der Waals surface area contributed by atoms with Gasteiger partial charge >= 0.3 is 39.5 Å². The predicted molar refractivity (Wildman–Crippen MR) is 386 cm³/mol. The molecule has 95 heavy (non-hydrogen) atoms. The Morgan fingerprint density at radius 2 is 0.621 bits per heavy atom. The van der Waals surface area contributed by atoms with Gasteiger partial charge in [0.1, 0.15) is 19.3 Å². The van der Waals surface area contributed by atoms with Gasteiger partial charge < -0.3 is 33.8 Å². The summed E-state index contributed by atoms with van der Waals surface area (Å²) >= 11 is 0. The molecular formula is C76H144O17P2. The molecule has 0 heterocycles. The lowest BCUT2D eigenvalue weighted by Gasteiger charge is -2.21. The lowest BCUT2D eigenvalue weighted by molar-refractivity contribution is -0.161. The summed E-state index contributed by atoms with van der Waals surface area (Å²) in [6.07, 6.45) is 58.2. The number of phosphoric ester groups is 2. The minimum absolute atomic E-state index is 0.101. The van der Waals surface area contributed by atoms with E-state index in [1.165, 1.54) is 161 Å². The SMILES string of the molecule is CCCCCC/C=C\C=C/CCCCCCCC(=O)OC[C@H](COP(=O)(O)OC[C@@H](O)COP(=O)(O)OC[C@@H](COC(=O)CCCCCCC)OC(=O)CCCCCCCCCCCCC(C)C)OC(=O)CCCCCCCCCCCCCCCCCCCCC(C)CC. The third-order valence-corrected chi connectivity index (χ3v) is 19.3. The van der Waals surface area contributed by atoms with Crippen molar-refractivity contribution in [2.45, 2.75) is 387 Å². The van der Waals surface area contributed by atoms with Crippen molar-refractivity contribution in [2.24, 2.45) is 11.8 Å². The maximum Gasteiger partial charge on any atom is 0.472 e. The normalized spacial score (nSPS) is 14.5. The highest BCUT2D eigenvalue weighted by Gasteiger charge is 2.30. The topological polar surface area (TPSA) is 237 Å². The van der Waals surface area contributed by atoms with Crippen LogP contribution in [0, 0.1) is 11.8 Å². The van der Waals surface area contributed by atoms with Crippen LogP contribution in [0.5, 0.6) is 0 Å². The van der Waals surface area contributed by atoms with Gasteiger partial charge in [0.15, 0.2) is 12.2 Å². The molecular weight excluding hydrogens is 1250 g/mol. The monoisotopic (exact) mass is 1390 g/mol. The smallest absolute Gasteiger partial charge is 0.462 e. The fraction of sp³-hybridized carbons (Fsp3) is 0.895. The molecule has 0 rings (SSSR count). The van der Waals surface area contributed by atoms with Crippen molar-refractivity contribution in [3.8, 4) is 0 Å². The number of ether oxygens (including phenoxy) is 4. The number of carbonyl (C=O) groups excluding carboxylic acids is 4. The number of hydrogen-bond donors (Lipinski definition) is 3. The van der Waals surface area contributed by atoms with Gasteiger partial charge in [-0.05, 0) is 63.2 Å². The van der Waals surface area contributed by atoms with E-state index in [1.54, 1.807) is 0 Å². The molecule has 560 valence electrons. The number of hydrogen-bond acceptors (Lipinski definition) is 15. The zero-order valence-corrected chi connectivity index (χ0v) is 63.2. The standard InChI is InChI=1S/C76H144O17P2/c1-7-10-12-14-15-16-17-18-23-27-30-36-41-47-53-59-74(79)87-65-72(93-76(81)60-54-48-42-37-31-28-25-22-20-19-21-24-26-29-35-40-46-51-57-69(6)9-3)67-91-95(84,85)89-63-70(77)62-88-94(82,83)90-66-71(64-86-73(78)58-52-44-13-11-8-2)92-75(80)61-55-49-43-38-33-32-34-39-45-50-56-68(4)5/h16-18,23,68-72,77H,7-15,19-22,24-67H2,1-6H3,(H,82,83)(H,84,85)/b17-16-,23-18-/t69?,70-,71+,72+/m0/s1. The van der Waals surface area contributed by atoms with Crippen molar-refractivity contribution in [3.05, 3.63) is 24.3 Å². The number of aliphatic hydroxyl groups excluding tert-OH is 1. The summed E-state index contributed by atoms with van der Waals surface area (Å²) in [5, 5.41) is 10.6. The Hall–Kier alpha value is -2.46.